The molecule has 0 aliphatic rings. The molecule has 2 aromatic rings. The maximum Gasteiger partial charge on any atom is 0.232 e. The molecule has 1 N–H and O–H groups in total. The Morgan fingerprint density at radius 2 is 1.64 bits per heavy atom. The summed E-state index contributed by atoms with van der Waals surface area (Å²) in [6.45, 7) is 4.81. The van der Waals surface area contributed by atoms with E-state index in [-0.39, 0.29) is 5.91 Å². The largest absolute Gasteiger partial charge is 0.356 e. The average Bonchev–Trinajstić information content (AvgIpc) is 2.61. The SMILES string of the molecule is Cc1cc(C)cc(N(CCCC(=O)NCCCc2ccccc2)S(C)(=O)=O)c1. The van der Waals surface area contributed by atoms with Crippen LogP contribution in [0.25, 0.3) is 0 Å². The van der Waals surface area contributed by atoms with E-state index in [0.29, 0.717) is 31.6 Å². The van der Waals surface area contributed by atoms with Crippen LogP contribution in [0.2, 0.25) is 0 Å². The number of amides is 1. The van der Waals surface area contributed by atoms with E-state index in [1.54, 1.807) is 0 Å². The van der Waals surface area contributed by atoms with E-state index < -0.39 is 10.0 Å². The van der Waals surface area contributed by atoms with Crippen LogP contribution in [-0.2, 0) is 21.2 Å². The van der Waals surface area contributed by atoms with Gasteiger partial charge in [0, 0.05) is 19.5 Å². The van der Waals surface area contributed by atoms with Crippen LogP contribution in [0.5, 0.6) is 0 Å². The highest BCUT2D eigenvalue weighted by molar-refractivity contribution is 7.92. The zero-order chi connectivity index (χ0) is 20.6. The number of carbonyl (C=O) groups excluding carboxylic acids is 1. The number of aryl methyl sites for hydroxylation is 3. The number of hydrogen-bond acceptors (Lipinski definition) is 3. The normalized spacial score (nSPS) is 11.2. The summed E-state index contributed by atoms with van der Waals surface area (Å²) in [6, 6.07) is 15.9. The zero-order valence-electron chi connectivity index (χ0n) is 16.9. The molecule has 0 saturated carbocycles. The van der Waals surface area contributed by atoms with E-state index in [1.807, 2.05) is 50.2 Å². The highest BCUT2D eigenvalue weighted by Gasteiger charge is 2.18. The van der Waals surface area contributed by atoms with E-state index in [2.05, 4.69) is 17.4 Å². The Kier molecular flexibility index (Phi) is 8.05. The number of benzene rings is 2. The number of nitrogens with one attached hydrogen (secondary N) is 1. The fraction of sp³-hybridized carbons (Fsp3) is 0.409. The third kappa shape index (κ3) is 7.35. The van der Waals surface area contributed by atoms with Crippen molar-refractivity contribution < 1.29 is 13.2 Å². The van der Waals surface area contributed by atoms with Crippen LogP contribution < -0.4 is 9.62 Å². The Hall–Kier alpha value is -2.34. The first-order chi connectivity index (χ1) is 13.3. The van der Waals surface area contributed by atoms with Gasteiger partial charge in [-0.05, 0) is 61.9 Å². The summed E-state index contributed by atoms with van der Waals surface area (Å²) in [4.78, 5) is 12.1. The van der Waals surface area contributed by atoms with Gasteiger partial charge in [-0.25, -0.2) is 8.42 Å². The highest BCUT2D eigenvalue weighted by Crippen LogP contribution is 2.21. The predicted molar refractivity (Wildman–Crippen MR) is 115 cm³/mol. The summed E-state index contributed by atoms with van der Waals surface area (Å²) in [5.41, 5.74) is 3.94. The lowest BCUT2D eigenvalue weighted by molar-refractivity contribution is -0.121. The van der Waals surface area contributed by atoms with E-state index in [1.165, 1.54) is 16.1 Å². The Balaban J connectivity index is 1.79. The van der Waals surface area contributed by atoms with Gasteiger partial charge >= 0.3 is 0 Å². The first-order valence-electron chi connectivity index (χ1n) is 9.62. The summed E-state index contributed by atoms with van der Waals surface area (Å²) >= 11 is 0. The van der Waals surface area contributed by atoms with Gasteiger partial charge in [0.15, 0.2) is 0 Å². The summed E-state index contributed by atoms with van der Waals surface area (Å²) in [7, 11) is -3.40. The highest BCUT2D eigenvalue weighted by atomic mass is 32.2. The van der Waals surface area contributed by atoms with Crippen molar-refractivity contribution in [1.82, 2.24) is 5.32 Å². The minimum atomic E-state index is -3.40. The van der Waals surface area contributed by atoms with Crippen molar-refractivity contribution in [2.24, 2.45) is 0 Å². The van der Waals surface area contributed by atoms with Gasteiger partial charge in [-0.2, -0.15) is 0 Å². The van der Waals surface area contributed by atoms with Crippen LogP contribution in [-0.4, -0.2) is 33.7 Å². The van der Waals surface area contributed by atoms with Crippen LogP contribution >= 0.6 is 0 Å². The molecule has 0 radical (unpaired) electrons. The van der Waals surface area contributed by atoms with E-state index in [4.69, 9.17) is 0 Å². The van der Waals surface area contributed by atoms with Gasteiger partial charge in [0.25, 0.3) is 0 Å². The van der Waals surface area contributed by atoms with Gasteiger partial charge in [0.05, 0.1) is 11.9 Å². The second kappa shape index (κ2) is 10.3. The number of carbonyl (C=O) groups is 1. The van der Waals surface area contributed by atoms with Crippen molar-refractivity contribution in [1.29, 1.82) is 0 Å². The third-order valence-corrected chi connectivity index (χ3v) is 5.66. The Morgan fingerprint density at radius 3 is 2.25 bits per heavy atom. The fourth-order valence-electron chi connectivity index (χ4n) is 3.22. The van der Waals surface area contributed by atoms with Crippen molar-refractivity contribution in [3.63, 3.8) is 0 Å². The van der Waals surface area contributed by atoms with E-state index >= 15 is 0 Å². The lowest BCUT2D eigenvalue weighted by Gasteiger charge is -2.23. The smallest absolute Gasteiger partial charge is 0.232 e. The molecule has 28 heavy (non-hydrogen) atoms. The van der Waals surface area contributed by atoms with Gasteiger partial charge in [-0.15, -0.1) is 0 Å². The van der Waals surface area contributed by atoms with Crippen molar-refractivity contribution in [3.05, 3.63) is 65.2 Å². The molecule has 5 nitrogen and oxygen atoms in total. The van der Waals surface area contributed by atoms with Crippen molar-refractivity contribution in [3.8, 4) is 0 Å². The monoisotopic (exact) mass is 402 g/mol. The van der Waals surface area contributed by atoms with Crippen molar-refractivity contribution in [2.45, 2.75) is 39.5 Å². The quantitative estimate of drug-likeness (QED) is 0.618. The second-order valence-corrected chi connectivity index (χ2v) is 9.13. The number of hydrogen-bond donors (Lipinski definition) is 1. The minimum Gasteiger partial charge on any atom is -0.356 e. The van der Waals surface area contributed by atoms with Crippen LogP contribution in [0.4, 0.5) is 5.69 Å². The molecule has 0 atom stereocenters. The molecule has 2 rings (SSSR count). The lowest BCUT2D eigenvalue weighted by atomic mass is 10.1. The fourth-order valence-corrected chi connectivity index (χ4v) is 4.17. The molecule has 6 heteroatoms. The van der Waals surface area contributed by atoms with Crippen LogP contribution in [0.3, 0.4) is 0 Å². The van der Waals surface area contributed by atoms with Crippen molar-refractivity contribution in [2.75, 3.05) is 23.7 Å². The maximum atomic E-state index is 12.2. The second-order valence-electron chi connectivity index (χ2n) is 7.22. The predicted octanol–water partition coefficient (Wildman–Crippen LogP) is 3.60. The molecular weight excluding hydrogens is 372 g/mol. The number of anilines is 1. The van der Waals surface area contributed by atoms with Gasteiger partial charge in [0.2, 0.25) is 15.9 Å². The molecule has 0 saturated heterocycles. The first-order valence-corrected chi connectivity index (χ1v) is 11.5. The van der Waals surface area contributed by atoms with Gasteiger partial charge < -0.3 is 5.32 Å². The lowest BCUT2D eigenvalue weighted by Crippen LogP contribution is -2.32. The molecule has 0 heterocycles. The number of sulfonamides is 1. The molecule has 0 fully saturated rings. The summed E-state index contributed by atoms with van der Waals surface area (Å²) in [5.74, 6) is -0.0399. The molecule has 0 aromatic heterocycles. The van der Waals surface area contributed by atoms with Crippen LogP contribution in [0, 0.1) is 13.8 Å². The number of rotatable bonds is 10. The van der Waals surface area contributed by atoms with Gasteiger partial charge in [-0.1, -0.05) is 36.4 Å². The average molecular weight is 403 g/mol. The summed E-state index contributed by atoms with van der Waals surface area (Å²) in [5, 5.41) is 2.92. The zero-order valence-corrected chi connectivity index (χ0v) is 17.8. The Morgan fingerprint density at radius 1 is 1.00 bits per heavy atom. The maximum absolute atomic E-state index is 12.2. The Bertz CT molecular complexity index is 860. The Labute approximate surface area is 168 Å². The molecule has 152 valence electrons. The molecule has 0 aliphatic heterocycles. The third-order valence-electron chi connectivity index (χ3n) is 4.47. The summed E-state index contributed by atoms with van der Waals surface area (Å²) in [6.07, 6.45) is 3.80. The van der Waals surface area contributed by atoms with Crippen LogP contribution in [0.15, 0.2) is 48.5 Å². The number of nitrogens with zero attached hydrogens (tertiary/aromatic N) is 1. The topological polar surface area (TPSA) is 66.5 Å². The molecule has 0 unspecified atom stereocenters. The minimum absolute atomic E-state index is 0.0399. The van der Waals surface area contributed by atoms with Gasteiger partial charge in [0.1, 0.15) is 0 Å². The molecule has 2 aromatic carbocycles. The van der Waals surface area contributed by atoms with Gasteiger partial charge in [-0.3, -0.25) is 9.10 Å². The molecular formula is C22H30N2O3S. The molecule has 0 spiro atoms. The van der Waals surface area contributed by atoms with E-state index in [0.717, 1.165) is 24.0 Å². The van der Waals surface area contributed by atoms with Crippen molar-refractivity contribution >= 4 is 21.6 Å². The summed E-state index contributed by atoms with van der Waals surface area (Å²) < 4.78 is 25.8. The standard InChI is InChI=1S/C22H30N2O3S/c1-18-15-19(2)17-21(16-18)24(28(3,26)27)14-8-12-22(25)23-13-7-11-20-9-5-4-6-10-20/h4-6,9-10,15-17H,7-8,11-14H2,1-3H3,(H,23,25). The molecule has 0 bridgehead atoms. The van der Waals surface area contributed by atoms with E-state index in [9.17, 15) is 13.2 Å². The first kappa shape index (κ1) is 22.0. The molecule has 0 aliphatic carbocycles. The van der Waals surface area contributed by atoms with Crippen LogP contribution in [0.1, 0.15) is 36.0 Å². The molecule has 1 amide bonds.